The van der Waals surface area contributed by atoms with Crippen molar-refractivity contribution in [3.8, 4) is 0 Å². The summed E-state index contributed by atoms with van der Waals surface area (Å²) >= 11 is 0. The van der Waals surface area contributed by atoms with E-state index in [1.54, 1.807) is 18.2 Å². The Labute approximate surface area is 113 Å². The Morgan fingerprint density at radius 1 is 1.15 bits per heavy atom. The first kappa shape index (κ1) is 12.6. The molecule has 7 nitrogen and oxygen atoms in total. The van der Waals surface area contributed by atoms with Crippen molar-refractivity contribution in [1.29, 1.82) is 0 Å². The molecule has 0 bridgehead atoms. The summed E-state index contributed by atoms with van der Waals surface area (Å²) in [6, 6.07) is 5.39. The highest BCUT2D eigenvalue weighted by molar-refractivity contribution is 5.94. The fourth-order valence-electron chi connectivity index (χ4n) is 1.92. The molecule has 1 saturated carbocycles. The van der Waals surface area contributed by atoms with E-state index in [-0.39, 0.29) is 12.5 Å². The van der Waals surface area contributed by atoms with Crippen LogP contribution in [0.15, 0.2) is 27.8 Å². The molecule has 1 heterocycles. The molecule has 1 aromatic carbocycles. The second-order valence-electron chi connectivity index (χ2n) is 4.87. The first-order chi connectivity index (χ1) is 9.61. The Morgan fingerprint density at radius 3 is 2.55 bits per heavy atom. The fraction of sp³-hybridized carbons (Fsp3) is 0.308. The Bertz CT molecular complexity index is 773. The number of hydrogen-bond acceptors (Lipinski definition) is 4. The van der Waals surface area contributed by atoms with Crippen molar-refractivity contribution in [1.82, 2.24) is 15.3 Å². The normalized spacial score (nSPS) is 14.4. The van der Waals surface area contributed by atoms with Crippen LogP contribution in [0.5, 0.6) is 0 Å². The standard InChI is InChI=1S/C13H14N4O3/c18-11(6-14-7-1-2-7)15-8-3-4-9-10(5-8)17-13(20)12(19)16-9/h3-5,7,14H,1-2,6H2,(H,15,18)(H,16,19)(H,17,20). The number of benzene rings is 1. The quantitative estimate of drug-likeness (QED) is 0.584. The van der Waals surface area contributed by atoms with Crippen molar-refractivity contribution >= 4 is 22.6 Å². The molecule has 0 atom stereocenters. The molecule has 1 fully saturated rings. The van der Waals surface area contributed by atoms with E-state index in [1.807, 2.05) is 0 Å². The second-order valence-corrected chi connectivity index (χ2v) is 4.87. The Kier molecular flexibility index (Phi) is 3.11. The lowest BCUT2D eigenvalue weighted by molar-refractivity contribution is -0.115. The summed E-state index contributed by atoms with van der Waals surface area (Å²) < 4.78 is 0. The second kappa shape index (κ2) is 4.93. The molecule has 0 saturated heterocycles. The van der Waals surface area contributed by atoms with E-state index < -0.39 is 11.1 Å². The summed E-state index contributed by atoms with van der Waals surface area (Å²) in [5, 5.41) is 5.85. The van der Waals surface area contributed by atoms with Crippen LogP contribution in [0.3, 0.4) is 0 Å². The van der Waals surface area contributed by atoms with Crippen LogP contribution in [0.25, 0.3) is 11.0 Å². The number of amides is 1. The van der Waals surface area contributed by atoms with Gasteiger partial charge in [0.05, 0.1) is 17.6 Å². The van der Waals surface area contributed by atoms with Gasteiger partial charge in [0.2, 0.25) is 5.91 Å². The van der Waals surface area contributed by atoms with Gasteiger partial charge < -0.3 is 20.6 Å². The van der Waals surface area contributed by atoms with Crippen LogP contribution in [0.4, 0.5) is 5.69 Å². The van der Waals surface area contributed by atoms with E-state index in [9.17, 15) is 14.4 Å². The number of aromatic amines is 2. The smallest absolute Gasteiger partial charge is 0.314 e. The molecule has 1 aliphatic rings. The van der Waals surface area contributed by atoms with Gasteiger partial charge in [-0.15, -0.1) is 0 Å². The number of fused-ring (bicyclic) bond motifs is 1. The molecule has 0 spiro atoms. The number of hydrogen-bond donors (Lipinski definition) is 4. The maximum atomic E-state index is 11.7. The first-order valence-corrected chi connectivity index (χ1v) is 6.41. The number of carbonyl (C=O) groups is 1. The monoisotopic (exact) mass is 274 g/mol. The van der Waals surface area contributed by atoms with Crippen LogP contribution in [0.2, 0.25) is 0 Å². The van der Waals surface area contributed by atoms with Crippen molar-refractivity contribution < 1.29 is 4.79 Å². The summed E-state index contributed by atoms with van der Waals surface area (Å²) in [4.78, 5) is 39.1. The molecule has 104 valence electrons. The molecule has 0 unspecified atom stereocenters. The van der Waals surface area contributed by atoms with E-state index in [4.69, 9.17) is 0 Å². The van der Waals surface area contributed by atoms with Crippen LogP contribution >= 0.6 is 0 Å². The van der Waals surface area contributed by atoms with Crippen LogP contribution in [-0.4, -0.2) is 28.5 Å². The number of rotatable bonds is 4. The molecule has 3 rings (SSSR count). The van der Waals surface area contributed by atoms with Gasteiger partial charge >= 0.3 is 11.1 Å². The van der Waals surface area contributed by atoms with Crippen LogP contribution in [-0.2, 0) is 4.79 Å². The Hall–Kier alpha value is -2.41. The highest BCUT2D eigenvalue weighted by atomic mass is 16.2. The van der Waals surface area contributed by atoms with E-state index in [2.05, 4.69) is 20.6 Å². The average Bonchev–Trinajstić information content (AvgIpc) is 3.22. The maximum Gasteiger partial charge on any atom is 0.314 e. The van der Waals surface area contributed by atoms with Gasteiger partial charge in [-0.25, -0.2) is 0 Å². The summed E-state index contributed by atoms with van der Waals surface area (Å²) in [5.74, 6) is -0.136. The molecule has 20 heavy (non-hydrogen) atoms. The number of H-pyrrole nitrogens is 2. The van der Waals surface area contributed by atoms with Gasteiger partial charge in [0.15, 0.2) is 0 Å². The molecule has 0 aliphatic heterocycles. The molecule has 0 radical (unpaired) electrons. The highest BCUT2D eigenvalue weighted by Crippen LogP contribution is 2.18. The lowest BCUT2D eigenvalue weighted by Gasteiger charge is -2.07. The molecule has 1 aliphatic carbocycles. The molecule has 7 heteroatoms. The summed E-state index contributed by atoms with van der Waals surface area (Å²) in [5.41, 5.74) is 0.161. The molecular weight excluding hydrogens is 260 g/mol. The van der Waals surface area contributed by atoms with Gasteiger partial charge in [0.25, 0.3) is 0 Å². The van der Waals surface area contributed by atoms with Gasteiger partial charge in [0, 0.05) is 11.7 Å². The SMILES string of the molecule is O=C(CNC1CC1)Nc1ccc2[nH]c(=O)c(=O)[nH]c2c1. The zero-order chi connectivity index (χ0) is 14.1. The topological polar surface area (TPSA) is 107 Å². The van der Waals surface area contributed by atoms with Crippen molar-refractivity contribution in [3.05, 3.63) is 38.9 Å². The van der Waals surface area contributed by atoms with E-state index in [1.165, 1.54) is 0 Å². The Morgan fingerprint density at radius 2 is 1.85 bits per heavy atom. The third kappa shape index (κ3) is 2.77. The Balaban J connectivity index is 1.77. The summed E-state index contributed by atoms with van der Waals surface area (Å²) in [6.45, 7) is 0.269. The summed E-state index contributed by atoms with van der Waals surface area (Å²) in [6.07, 6.45) is 2.25. The predicted molar refractivity (Wildman–Crippen MR) is 74.8 cm³/mol. The molecule has 1 aromatic heterocycles. The van der Waals surface area contributed by atoms with Gasteiger partial charge in [-0.2, -0.15) is 0 Å². The minimum absolute atomic E-state index is 0.136. The van der Waals surface area contributed by atoms with Gasteiger partial charge in [-0.05, 0) is 31.0 Å². The number of anilines is 1. The zero-order valence-electron chi connectivity index (χ0n) is 10.7. The lowest BCUT2D eigenvalue weighted by Crippen LogP contribution is -2.30. The van der Waals surface area contributed by atoms with Crippen LogP contribution in [0, 0.1) is 0 Å². The minimum atomic E-state index is -0.712. The fourth-order valence-corrected chi connectivity index (χ4v) is 1.92. The number of aromatic nitrogens is 2. The summed E-state index contributed by atoms with van der Waals surface area (Å²) in [7, 11) is 0. The lowest BCUT2D eigenvalue weighted by atomic mass is 10.2. The van der Waals surface area contributed by atoms with Gasteiger partial charge in [-0.1, -0.05) is 0 Å². The maximum absolute atomic E-state index is 11.7. The van der Waals surface area contributed by atoms with Gasteiger partial charge in [-0.3, -0.25) is 14.4 Å². The molecule has 2 aromatic rings. The van der Waals surface area contributed by atoms with Crippen molar-refractivity contribution in [2.45, 2.75) is 18.9 Å². The highest BCUT2D eigenvalue weighted by Gasteiger charge is 2.21. The van der Waals surface area contributed by atoms with E-state index in [0.717, 1.165) is 12.8 Å². The van der Waals surface area contributed by atoms with Crippen molar-refractivity contribution in [2.75, 3.05) is 11.9 Å². The van der Waals surface area contributed by atoms with E-state index >= 15 is 0 Å². The predicted octanol–water partition coefficient (Wildman–Crippen LogP) is -0.0931. The minimum Gasteiger partial charge on any atom is -0.325 e. The largest absolute Gasteiger partial charge is 0.325 e. The zero-order valence-corrected chi connectivity index (χ0v) is 10.7. The first-order valence-electron chi connectivity index (χ1n) is 6.41. The third-order valence-corrected chi connectivity index (χ3v) is 3.13. The van der Waals surface area contributed by atoms with E-state index in [0.29, 0.717) is 22.8 Å². The van der Waals surface area contributed by atoms with Crippen molar-refractivity contribution in [2.24, 2.45) is 0 Å². The number of nitrogens with one attached hydrogen (secondary N) is 4. The van der Waals surface area contributed by atoms with Crippen molar-refractivity contribution in [3.63, 3.8) is 0 Å². The molecule has 1 amide bonds. The molecule has 4 N–H and O–H groups in total. The average molecular weight is 274 g/mol. The van der Waals surface area contributed by atoms with Crippen LogP contribution < -0.4 is 21.8 Å². The molecular formula is C13H14N4O3. The number of carbonyl (C=O) groups excluding carboxylic acids is 1. The van der Waals surface area contributed by atoms with Gasteiger partial charge in [0.1, 0.15) is 0 Å². The van der Waals surface area contributed by atoms with Crippen LogP contribution in [0.1, 0.15) is 12.8 Å². The third-order valence-electron chi connectivity index (χ3n) is 3.13.